The van der Waals surface area contributed by atoms with E-state index in [1.54, 1.807) is 0 Å². The van der Waals surface area contributed by atoms with Gasteiger partial charge in [0.15, 0.2) is 0 Å². The van der Waals surface area contributed by atoms with Gasteiger partial charge in [0, 0.05) is 19.6 Å². The quantitative estimate of drug-likeness (QED) is 0.802. The molecule has 2 N–H and O–H groups in total. The first-order valence-corrected chi connectivity index (χ1v) is 6.98. The maximum atomic E-state index is 10.8. The molecule has 4 nitrogen and oxygen atoms in total. The van der Waals surface area contributed by atoms with Crippen molar-refractivity contribution in [2.75, 3.05) is 19.6 Å². The van der Waals surface area contributed by atoms with Gasteiger partial charge in [-0.2, -0.15) is 0 Å². The fourth-order valence-electron chi connectivity index (χ4n) is 2.55. The van der Waals surface area contributed by atoms with Crippen LogP contribution in [-0.2, 0) is 6.54 Å². The highest BCUT2D eigenvalue weighted by molar-refractivity contribution is 5.64. The Morgan fingerprint density at radius 1 is 1.26 bits per heavy atom. The Labute approximate surface area is 114 Å². The fraction of sp³-hybridized carbons (Fsp3) is 0.533. The largest absolute Gasteiger partial charge is 0.465 e. The molecule has 1 aliphatic rings. The maximum Gasteiger partial charge on any atom is 0.407 e. The number of carboxylic acid groups (broad SMARTS) is 1. The van der Waals surface area contributed by atoms with E-state index in [4.69, 9.17) is 5.11 Å². The lowest BCUT2D eigenvalue weighted by atomic mass is 9.94. The summed E-state index contributed by atoms with van der Waals surface area (Å²) >= 11 is 0. The Morgan fingerprint density at radius 2 is 1.95 bits per heavy atom. The molecule has 0 aliphatic carbocycles. The molecule has 1 heterocycles. The predicted octanol–water partition coefficient (Wildman–Crippen LogP) is 2.56. The zero-order chi connectivity index (χ0) is 13.5. The zero-order valence-electron chi connectivity index (χ0n) is 11.2. The van der Waals surface area contributed by atoms with Crippen LogP contribution in [0.5, 0.6) is 0 Å². The SMILES string of the molecule is O=C(O)N1CCC(CCNCc2ccccc2)CC1. The predicted molar refractivity (Wildman–Crippen MR) is 75.1 cm³/mol. The minimum absolute atomic E-state index is 0.666. The molecule has 0 atom stereocenters. The van der Waals surface area contributed by atoms with Gasteiger partial charge in [0.2, 0.25) is 0 Å². The molecule has 1 saturated heterocycles. The third-order valence-corrected chi connectivity index (χ3v) is 3.79. The average Bonchev–Trinajstić information content (AvgIpc) is 2.45. The second-order valence-corrected chi connectivity index (χ2v) is 5.16. The smallest absolute Gasteiger partial charge is 0.407 e. The number of hydrogen-bond donors (Lipinski definition) is 2. The molecule has 19 heavy (non-hydrogen) atoms. The Morgan fingerprint density at radius 3 is 2.58 bits per heavy atom. The molecule has 1 aromatic carbocycles. The highest BCUT2D eigenvalue weighted by Gasteiger charge is 2.21. The second-order valence-electron chi connectivity index (χ2n) is 5.16. The summed E-state index contributed by atoms with van der Waals surface area (Å²) in [6.07, 6.45) is 2.36. The normalized spacial score (nSPS) is 16.5. The van der Waals surface area contributed by atoms with Gasteiger partial charge in [-0.3, -0.25) is 0 Å². The molecular formula is C15H22N2O2. The van der Waals surface area contributed by atoms with Gasteiger partial charge < -0.3 is 15.3 Å². The van der Waals surface area contributed by atoms with Gasteiger partial charge in [-0.25, -0.2) is 4.79 Å². The standard InChI is InChI=1S/C15H22N2O2/c18-15(19)17-10-7-13(8-11-17)6-9-16-12-14-4-2-1-3-5-14/h1-5,13,16H,6-12H2,(H,18,19). The molecule has 104 valence electrons. The van der Waals surface area contributed by atoms with E-state index < -0.39 is 6.09 Å². The van der Waals surface area contributed by atoms with E-state index in [0.29, 0.717) is 19.0 Å². The van der Waals surface area contributed by atoms with Crippen molar-refractivity contribution in [1.82, 2.24) is 10.2 Å². The lowest BCUT2D eigenvalue weighted by molar-refractivity contribution is 0.123. The van der Waals surface area contributed by atoms with Crippen molar-refractivity contribution in [2.45, 2.75) is 25.8 Å². The van der Waals surface area contributed by atoms with Crippen molar-refractivity contribution >= 4 is 6.09 Å². The number of benzene rings is 1. The molecule has 1 amide bonds. The van der Waals surface area contributed by atoms with Gasteiger partial charge in [0.1, 0.15) is 0 Å². The highest BCUT2D eigenvalue weighted by Crippen LogP contribution is 2.19. The summed E-state index contributed by atoms with van der Waals surface area (Å²) in [5, 5.41) is 12.3. The molecular weight excluding hydrogens is 240 g/mol. The summed E-state index contributed by atoms with van der Waals surface area (Å²) < 4.78 is 0. The average molecular weight is 262 g/mol. The van der Waals surface area contributed by atoms with Crippen molar-refractivity contribution in [3.05, 3.63) is 35.9 Å². The third-order valence-electron chi connectivity index (χ3n) is 3.79. The highest BCUT2D eigenvalue weighted by atomic mass is 16.4. The Balaban J connectivity index is 1.58. The Hall–Kier alpha value is -1.55. The third kappa shape index (κ3) is 4.56. The van der Waals surface area contributed by atoms with Crippen LogP contribution < -0.4 is 5.32 Å². The first kappa shape index (κ1) is 13.9. The summed E-state index contributed by atoms with van der Waals surface area (Å²) in [7, 11) is 0. The number of hydrogen-bond acceptors (Lipinski definition) is 2. The molecule has 0 saturated carbocycles. The van der Waals surface area contributed by atoms with Crippen molar-refractivity contribution in [2.24, 2.45) is 5.92 Å². The molecule has 0 radical (unpaired) electrons. The van der Waals surface area contributed by atoms with Gasteiger partial charge >= 0.3 is 6.09 Å². The van der Waals surface area contributed by atoms with Crippen LogP contribution in [0.15, 0.2) is 30.3 Å². The van der Waals surface area contributed by atoms with Gasteiger partial charge in [0.25, 0.3) is 0 Å². The van der Waals surface area contributed by atoms with E-state index in [0.717, 1.165) is 32.4 Å². The van der Waals surface area contributed by atoms with Gasteiger partial charge in [-0.1, -0.05) is 30.3 Å². The number of rotatable bonds is 5. The number of likely N-dealkylation sites (tertiary alicyclic amines) is 1. The van der Waals surface area contributed by atoms with Crippen LogP contribution in [-0.4, -0.2) is 35.7 Å². The van der Waals surface area contributed by atoms with Crippen LogP contribution in [0.4, 0.5) is 4.79 Å². The van der Waals surface area contributed by atoms with Crippen molar-refractivity contribution in [1.29, 1.82) is 0 Å². The molecule has 0 bridgehead atoms. The number of piperidine rings is 1. The fourth-order valence-corrected chi connectivity index (χ4v) is 2.55. The molecule has 1 aliphatic heterocycles. The van der Waals surface area contributed by atoms with Crippen LogP contribution in [0.3, 0.4) is 0 Å². The van der Waals surface area contributed by atoms with Crippen LogP contribution in [0.1, 0.15) is 24.8 Å². The zero-order valence-corrected chi connectivity index (χ0v) is 11.2. The molecule has 1 aromatic rings. The van der Waals surface area contributed by atoms with Crippen LogP contribution in [0.2, 0.25) is 0 Å². The van der Waals surface area contributed by atoms with Crippen molar-refractivity contribution in [3.8, 4) is 0 Å². The number of nitrogens with one attached hydrogen (secondary N) is 1. The van der Waals surface area contributed by atoms with Gasteiger partial charge in [0.05, 0.1) is 0 Å². The summed E-state index contributed by atoms with van der Waals surface area (Å²) in [5.74, 6) is 0.666. The van der Waals surface area contributed by atoms with E-state index in [-0.39, 0.29) is 0 Å². The molecule has 0 aromatic heterocycles. The molecule has 0 unspecified atom stereocenters. The van der Waals surface area contributed by atoms with Crippen LogP contribution in [0.25, 0.3) is 0 Å². The Kier molecular flexibility index (Phi) is 5.21. The lowest BCUT2D eigenvalue weighted by Gasteiger charge is -2.29. The lowest BCUT2D eigenvalue weighted by Crippen LogP contribution is -2.38. The molecule has 0 spiro atoms. The van der Waals surface area contributed by atoms with Gasteiger partial charge in [-0.15, -0.1) is 0 Å². The second kappa shape index (κ2) is 7.14. The molecule has 4 heteroatoms. The minimum atomic E-state index is -0.777. The molecule has 1 fully saturated rings. The van der Waals surface area contributed by atoms with E-state index in [2.05, 4.69) is 29.6 Å². The summed E-state index contributed by atoms with van der Waals surface area (Å²) in [4.78, 5) is 12.3. The Bertz CT molecular complexity index is 386. The first-order valence-electron chi connectivity index (χ1n) is 6.98. The maximum absolute atomic E-state index is 10.8. The monoisotopic (exact) mass is 262 g/mol. The summed E-state index contributed by atoms with van der Waals surface area (Å²) in [5.41, 5.74) is 1.31. The van der Waals surface area contributed by atoms with Crippen LogP contribution >= 0.6 is 0 Å². The van der Waals surface area contributed by atoms with Crippen molar-refractivity contribution in [3.63, 3.8) is 0 Å². The number of nitrogens with zero attached hydrogens (tertiary/aromatic N) is 1. The van der Waals surface area contributed by atoms with Crippen molar-refractivity contribution < 1.29 is 9.90 Å². The first-order chi connectivity index (χ1) is 9.25. The van der Waals surface area contributed by atoms with E-state index >= 15 is 0 Å². The van der Waals surface area contributed by atoms with E-state index in [9.17, 15) is 4.79 Å². The minimum Gasteiger partial charge on any atom is -0.465 e. The topological polar surface area (TPSA) is 52.6 Å². The molecule has 2 rings (SSSR count). The number of amides is 1. The van der Waals surface area contributed by atoms with E-state index in [1.807, 2.05) is 6.07 Å². The summed E-state index contributed by atoms with van der Waals surface area (Å²) in [6.45, 7) is 3.30. The number of carbonyl (C=O) groups is 1. The summed E-state index contributed by atoms with van der Waals surface area (Å²) in [6, 6.07) is 10.4. The van der Waals surface area contributed by atoms with E-state index in [1.165, 1.54) is 10.5 Å². The van der Waals surface area contributed by atoms with Gasteiger partial charge in [-0.05, 0) is 37.3 Å². The van der Waals surface area contributed by atoms with Crippen LogP contribution in [0, 0.1) is 5.92 Å².